The van der Waals surface area contributed by atoms with E-state index < -0.39 is 39.0 Å². The highest BCUT2D eigenvalue weighted by Gasteiger charge is 2.21. The highest BCUT2D eigenvalue weighted by atomic mass is 32.2. The largest absolute Gasteiger partial charge is 0.366 e. The SMILES string of the molecule is CCN(CC)S(=O)(=O)c1ccc(CCC(=O)Nc2cc(C(N)=O)c(F)cc2F)cc1. The molecule has 10 heteroatoms. The van der Waals surface area contributed by atoms with Gasteiger partial charge in [0, 0.05) is 25.6 Å². The third kappa shape index (κ3) is 5.39. The van der Waals surface area contributed by atoms with Crippen molar-refractivity contribution in [1.29, 1.82) is 0 Å². The second-order valence-electron chi connectivity index (χ2n) is 6.46. The van der Waals surface area contributed by atoms with Crippen molar-refractivity contribution in [3.05, 3.63) is 59.2 Å². The van der Waals surface area contributed by atoms with Gasteiger partial charge in [-0.25, -0.2) is 17.2 Å². The molecular weight excluding hydrogens is 416 g/mol. The molecule has 0 saturated carbocycles. The van der Waals surface area contributed by atoms with Crippen LogP contribution in [0.25, 0.3) is 0 Å². The number of anilines is 1. The van der Waals surface area contributed by atoms with Crippen LogP contribution in [0.3, 0.4) is 0 Å². The molecule has 2 aromatic carbocycles. The molecule has 0 aromatic heterocycles. The van der Waals surface area contributed by atoms with Crippen LogP contribution >= 0.6 is 0 Å². The van der Waals surface area contributed by atoms with E-state index in [1.165, 1.54) is 16.4 Å². The Kier molecular flexibility index (Phi) is 7.63. The van der Waals surface area contributed by atoms with E-state index in [4.69, 9.17) is 5.73 Å². The number of nitrogens with two attached hydrogens (primary N) is 1. The number of halogens is 2. The first-order chi connectivity index (χ1) is 14.1. The van der Waals surface area contributed by atoms with Gasteiger partial charge in [0.15, 0.2) is 0 Å². The molecule has 0 heterocycles. The number of rotatable bonds is 9. The maximum atomic E-state index is 13.8. The molecule has 2 amide bonds. The van der Waals surface area contributed by atoms with E-state index in [2.05, 4.69) is 5.32 Å². The second kappa shape index (κ2) is 9.77. The summed E-state index contributed by atoms with van der Waals surface area (Å²) < 4.78 is 53.6. The van der Waals surface area contributed by atoms with Gasteiger partial charge in [-0.3, -0.25) is 9.59 Å². The Bertz CT molecular complexity index is 1040. The van der Waals surface area contributed by atoms with E-state index in [9.17, 15) is 26.8 Å². The molecule has 3 N–H and O–H groups in total. The number of primary amides is 1. The average molecular weight is 439 g/mol. The van der Waals surface area contributed by atoms with Crippen LogP contribution in [0.1, 0.15) is 36.2 Å². The van der Waals surface area contributed by atoms with Crippen molar-refractivity contribution in [2.75, 3.05) is 18.4 Å². The van der Waals surface area contributed by atoms with Gasteiger partial charge in [0.25, 0.3) is 5.91 Å². The number of carbonyl (C=O) groups is 2. The van der Waals surface area contributed by atoms with Gasteiger partial charge in [-0.1, -0.05) is 26.0 Å². The second-order valence-corrected chi connectivity index (χ2v) is 8.40. The third-order valence-electron chi connectivity index (χ3n) is 4.50. The number of hydrogen-bond acceptors (Lipinski definition) is 4. The molecule has 0 bridgehead atoms. The summed E-state index contributed by atoms with van der Waals surface area (Å²) in [5.41, 5.74) is 4.85. The molecule has 0 radical (unpaired) electrons. The third-order valence-corrected chi connectivity index (χ3v) is 6.57. The molecule has 2 rings (SSSR count). The van der Waals surface area contributed by atoms with Gasteiger partial charge in [-0.05, 0) is 30.2 Å². The minimum absolute atomic E-state index is 0.0368. The Morgan fingerprint density at radius 2 is 1.63 bits per heavy atom. The first-order valence-corrected chi connectivity index (χ1v) is 10.7. The Labute approximate surface area is 173 Å². The molecule has 0 unspecified atom stereocenters. The van der Waals surface area contributed by atoms with Crippen molar-refractivity contribution >= 4 is 27.5 Å². The van der Waals surface area contributed by atoms with Crippen molar-refractivity contribution in [2.24, 2.45) is 5.73 Å². The monoisotopic (exact) mass is 439 g/mol. The fourth-order valence-corrected chi connectivity index (χ4v) is 4.30. The number of carbonyl (C=O) groups excluding carboxylic acids is 2. The first-order valence-electron chi connectivity index (χ1n) is 9.27. The van der Waals surface area contributed by atoms with E-state index in [0.29, 0.717) is 24.7 Å². The number of amides is 2. The van der Waals surface area contributed by atoms with Crippen LogP contribution in [0.4, 0.5) is 14.5 Å². The summed E-state index contributed by atoms with van der Waals surface area (Å²) >= 11 is 0. The van der Waals surface area contributed by atoms with Crippen LogP contribution in [0, 0.1) is 11.6 Å². The number of aryl methyl sites for hydroxylation is 1. The summed E-state index contributed by atoms with van der Waals surface area (Å²) in [5, 5.41) is 2.28. The van der Waals surface area contributed by atoms with E-state index >= 15 is 0 Å². The molecule has 7 nitrogen and oxygen atoms in total. The van der Waals surface area contributed by atoms with Crippen LogP contribution in [-0.2, 0) is 21.2 Å². The highest BCUT2D eigenvalue weighted by Crippen LogP contribution is 2.20. The van der Waals surface area contributed by atoms with Crippen molar-refractivity contribution in [2.45, 2.75) is 31.6 Å². The Balaban J connectivity index is 2.04. The lowest BCUT2D eigenvalue weighted by atomic mass is 10.1. The molecule has 2 aromatic rings. The normalized spacial score (nSPS) is 11.5. The highest BCUT2D eigenvalue weighted by molar-refractivity contribution is 7.89. The lowest BCUT2D eigenvalue weighted by Gasteiger charge is -2.18. The lowest BCUT2D eigenvalue weighted by molar-refractivity contribution is -0.116. The average Bonchev–Trinajstić information content (AvgIpc) is 2.69. The van der Waals surface area contributed by atoms with Crippen molar-refractivity contribution in [3.63, 3.8) is 0 Å². The summed E-state index contributed by atoms with van der Waals surface area (Å²) in [6, 6.07) is 7.47. The molecule has 30 heavy (non-hydrogen) atoms. The lowest BCUT2D eigenvalue weighted by Crippen LogP contribution is -2.30. The van der Waals surface area contributed by atoms with Crippen LogP contribution in [0.15, 0.2) is 41.3 Å². The Hall–Kier alpha value is -2.85. The zero-order valence-corrected chi connectivity index (χ0v) is 17.4. The van der Waals surface area contributed by atoms with E-state index in [1.54, 1.807) is 26.0 Å². The van der Waals surface area contributed by atoms with Gasteiger partial charge in [-0.15, -0.1) is 0 Å². The zero-order chi connectivity index (χ0) is 22.5. The summed E-state index contributed by atoms with van der Waals surface area (Å²) in [4.78, 5) is 23.4. The minimum atomic E-state index is -3.57. The van der Waals surface area contributed by atoms with Crippen LogP contribution < -0.4 is 11.1 Å². The van der Waals surface area contributed by atoms with Crippen LogP contribution in [-0.4, -0.2) is 37.6 Å². The standard InChI is InChI=1S/C20H23F2N3O4S/c1-3-25(4-2)30(28,29)14-8-5-13(6-9-14)7-10-19(26)24-18-11-15(20(23)27)16(21)12-17(18)22/h5-6,8-9,11-12H,3-4,7,10H2,1-2H3,(H2,23,27)(H,24,26). The van der Waals surface area contributed by atoms with E-state index in [-0.39, 0.29) is 23.4 Å². The molecule has 0 saturated heterocycles. The number of benzene rings is 2. The molecule has 0 fully saturated rings. The maximum absolute atomic E-state index is 13.8. The predicted molar refractivity (Wildman–Crippen MR) is 108 cm³/mol. The maximum Gasteiger partial charge on any atom is 0.251 e. The quantitative estimate of drug-likeness (QED) is 0.626. The summed E-state index contributed by atoms with van der Waals surface area (Å²) in [6.45, 7) is 4.23. The number of nitrogens with one attached hydrogen (secondary N) is 1. The number of hydrogen-bond donors (Lipinski definition) is 2. The number of nitrogens with zero attached hydrogens (tertiary/aromatic N) is 1. The van der Waals surface area contributed by atoms with Crippen LogP contribution in [0.2, 0.25) is 0 Å². The Morgan fingerprint density at radius 1 is 1.03 bits per heavy atom. The fourth-order valence-electron chi connectivity index (χ4n) is 2.84. The van der Waals surface area contributed by atoms with Gasteiger partial charge in [0.2, 0.25) is 15.9 Å². The topological polar surface area (TPSA) is 110 Å². The van der Waals surface area contributed by atoms with Gasteiger partial charge >= 0.3 is 0 Å². The summed E-state index contributed by atoms with van der Waals surface area (Å²) in [5.74, 6) is -3.78. The molecular formula is C20H23F2N3O4S. The fraction of sp³-hybridized carbons (Fsp3) is 0.300. The minimum Gasteiger partial charge on any atom is -0.366 e. The zero-order valence-electron chi connectivity index (χ0n) is 16.6. The summed E-state index contributed by atoms with van der Waals surface area (Å²) in [7, 11) is -3.57. The van der Waals surface area contributed by atoms with E-state index in [0.717, 1.165) is 6.07 Å². The van der Waals surface area contributed by atoms with Crippen LogP contribution in [0.5, 0.6) is 0 Å². The van der Waals surface area contributed by atoms with Crippen molar-refractivity contribution in [3.8, 4) is 0 Å². The Morgan fingerprint density at radius 3 is 2.17 bits per heavy atom. The molecule has 162 valence electrons. The molecule has 0 atom stereocenters. The van der Waals surface area contributed by atoms with Crippen molar-refractivity contribution in [1.82, 2.24) is 4.31 Å². The van der Waals surface area contributed by atoms with Crippen molar-refractivity contribution < 1.29 is 26.8 Å². The molecule has 0 aliphatic heterocycles. The smallest absolute Gasteiger partial charge is 0.251 e. The van der Waals surface area contributed by atoms with Gasteiger partial charge in [0.05, 0.1) is 16.1 Å². The van der Waals surface area contributed by atoms with E-state index in [1.807, 2.05) is 0 Å². The summed E-state index contributed by atoms with van der Waals surface area (Å²) in [6.07, 6.45) is 0.230. The molecule has 0 spiro atoms. The molecule has 0 aliphatic carbocycles. The molecule has 0 aliphatic rings. The number of sulfonamides is 1. The van der Waals surface area contributed by atoms with Gasteiger partial charge in [0.1, 0.15) is 11.6 Å². The first kappa shape index (κ1) is 23.4. The van der Waals surface area contributed by atoms with Gasteiger partial charge < -0.3 is 11.1 Å². The predicted octanol–water partition coefficient (Wildman–Crippen LogP) is 2.67. The van der Waals surface area contributed by atoms with Gasteiger partial charge in [-0.2, -0.15) is 4.31 Å².